The lowest BCUT2D eigenvalue weighted by molar-refractivity contribution is 0.112. The van der Waals surface area contributed by atoms with Crippen molar-refractivity contribution in [2.75, 3.05) is 0 Å². The molecule has 0 saturated carbocycles. The van der Waals surface area contributed by atoms with Crippen molar-refractivity contribution in [3.05, 3.63) is 48.0 Å². The Morgan fingerprint density at radius 1 is 1.17 bits per heavy atom. The minimum atomic E-state index is 0.169. The molecule has 0 aliphatic rings. The molecule has 0 atom stereocenters. The number of H-pyrrole nitrogens is 1. The number of phenols is 1. The van der Waals surface area contributed by atoms with Gasteiger partial charge in [0.2, 0.25) is 0 Å². The van der Waals surface area contributed by atoms with Crippen molar-refractivity contribution in [3.63, 3.8) is 0 Å². The standard InChI is InChI=1S/C14H10N2O2/c17-8-9-5-6-12-11(7-9)14(16-15-12)10-3-1-2-4-13(10)18/h1-8,18H,(H,15,16). The largest absolute Gasteiger partial charge is 0.507 e. The van der Waals surface area contributed by atoms with Crippen LogP contribution in [0, 0.1) is 0 Å². The van der Waals surface area contributed by atoms with E-state index in [-0.39, 0.29) is 5.75 Å². The molecule has 0 saturated heterocycles. The van der Waals surface area contributed by atoms with Gasteiger partial charge in [-0.3, -0.25) is 9.89 Å². The van der Waals surface area contributed by atoms with Crippen molar-refractivity contribution in [1.29, 1.82) is 0 Å². The zero-order chi connectivity index (χ0) is 12.5. The van der Waals surface area contributed by atoms with E-state index in [1.54, 1.807) is 36.4 Å². The number of hydrogen-bond donors (Lipinski definition) is 2. The fourth-order valence-electron chi connectivity index (χ4n) is 1.98. The second-order valence-corrected chi connectivity index (χ2v) is 4.01. The molecule has 4 nitrogen and oxygen atoms in total. The number of phenolic OH excluding ortho intramolecular Hbond substituents is 1. The number of carbonyl (C=O) groups excluding carboxylic acids is 1. The molecule has 3 rings (SSSR count). The number of aromatic hydroxyl groups is 1. The molecule has 0 aliphatic heterocycles. The van der Waals surface area contributed by atoms with Gasteiger partial charge in [-0.25, -0.2) is 0 Å². The van der Waals surface area contributed by atoms with Crippen LogP contribution in [0.2, 0.25) is 0 Å². The van der Waals surface area contributed by atoms with Crippen LogP contribution in [0.3, 0.4) is 0 Å². The van der Waals surface area contributed by atoms with Gasteiger partial charge in [-0.15, -0.1) is 0 Å². The monoisotopic (exact) mass is 238 g/mol. The average molecular weight is 238 g/mol. The normalized spacial score (nSPS) is 10.7. The van der Waals surface area contributed by atoms with Gasteiger partial charge in [0.15, 0.2) is 0 Å². The number of aromatic nitrogens is 2. The molecule has 3 aromatic rings. The van der Waals surface area contributed by atoms with E-state index in [0.717, 1.165) is 17.2 Å². The zero-order valence-corrected chi connectivity index (χ0v) is 9.42. The Hall–Kier alpha value is -2.62. The minimum Gasteiger partial charge on any atom is -0.507 e. The molecule has 0 aliphatic carbocycles. The lowest BCUT2D eigenvalue weighted by Crippen LogP contribution is -1.81. The Bertz CT molecular complexity index is 731. The molecule has 0 spiro atoms. The van der Waals surface area contributed by atoms with Gasteiger partial charge in [-0.2, -0.15) is 5.10 Å². The van der Waals surface area contributed by atoms with Gasteiger partial charge in [0.05, 0.1) is 5.52 Å². The first-order valence-electron chi connectivity index (χ1n) is 5.51. The Balaban J connectivity index is 2.29. The van der Waals surface area contributed by atoms with Crippen molar-refractivity contribution in [2.45, 2.75) is 0 Å². The highest BCUT2D eigenvalue weighted by Crippen LogP contribution is 2.32. The number of nitrogens with one attached hydrogen (secondary N) is 1. The summed E-state index contributed by atoms with van der Waals surface area (Å²) in [5.74, 6) is 0.169. The van der Waals surface area contributed by atoms with E-state index in [4.69, 9.17) is 0 Å². The summed E-state index contributed by atoms with van der Waals surface area (Å²) in [5, 5.41) is 17.8. The number of fused-ring (bicyclic) bond motifs is 1. The first kappa shape index (κ1) is 10.5. The third-order valence-electron chi connectivity index (χ3n) is 2.88. The Morgan fingerprint density at radius 2 is 2.00 bits per heavy atom. The number of aldehydes is 1. The van der Waals surface area contributed by atoms with E-state index in [2.05, 4.69) is 10.2 Å². The third kappa shape index (κ3) is 1.55. The van der Waals surface area contributed by atoms with Crippen LogP contribution < -0.4 is 0 Å². The van der Waals surface area contributed by atoms with Gasteiger partial charge in [0, 0.05) is 16.5 Å². The average Bonchev–Trinajstić information content (AvgIpc) is 2.82. The van der Waals surface area contributed by atoms with Crippen LogP contribution in [0.25, 0.3) is 22.2 Å². The molecule has 2 N–H and O–H groups in total. The quantitative estimate of drug-likeness (QED) is 0.674. The summed E-state index contributed by atoms with van der Waals surface area (Å²) >= 11 is 0. The van der Waals surface area contributed by atoms with Crippen LogP contribution in [0.4, 0.5) is 0 Å². The number of para-hydroxylation sites is 1. The Labute approximate surface area is 103 Å². The molecular formula is C14H10N2O2. The molecule has 0 radical (unpaired) electrons. The summed E-state index contributed by atoms with van der Waals surface area (Å²) in [4.78, 5) is 10.8. The van der Waals surface area contributed by atoms with E-state index in [1.807, 2.05) is 6.07 Å². The number of carbonyl (C=O) groups is 1. The van der Waals surface area contributed by atoms with E-state index in [1.165, 1.54) is 0 Å². The van der Waals surface area contributed by atoms with Crippen molar-refractivity contribution < 1.29 is 9.90 Å². The van der Waals surface area contributed by atoms with Gasteiger partial charge in [-0.05, 0) is 30.3 Å². The number of nitrogens with zero attached hydrogens (tertiary/aromatic N) is 1. The first-order valence-corrected chi connectivity index (χ1v) is 5.51. The molecule has 88 valence electrons. The molecule has 4 heteroatoms. The predicted molar refractivity (Wildman–Crippen MR) is 68.6 cm³/mol. The fourth-order valence-corrected chi connectivity index (χ4v) is 1.98. The smallest absolute Gasteiger partial charge is 0.150 e. The lowest BCUT2D eigenvalue weighted by atomic mass is 10.1. The van der Waals surface area contributed by atoms with Gasteiger partial charge < -0.3 is 5.11 Å². The van der Waals surface area contributed by atoms with Crippen LogP contribution in [-0.4, -0.2) is 21.6 Å². The zero-order valence-electron chi connectivity index (χ0n) is 9.42. The molecule has 1 aromatic heterocycles. The van der Waals surface area contributed by atoms with Crippen LogP contribution in [-0.2, 0) is 0 Å². The van der Waals surface area contributed by atoms with Crippen molar-refractivity contribution >= 4 is 17.2 Å². The number of hydrogen-bond acceptors (Lipinski definition) is 3. The van der Waals surface area contributed by atoms with Gasteiger partial charge in [-0.1, -0.05) is 12.1 Å². The number of aromatic amines is 1. The van der Waals surface area contributed by atoms with E-state index < -0.39 is 0 Å². The topological polar surface area (TPSA) is 66.0 Å². The predicted octanol–water partition coefficient (Wildman–Crippen LogP) is 2.75. The Morgan fingerprint density at radius 3 is 2.78 bits per heavy atom. The minimum absolute atomic E-state index is 0.169. The summed E-state index contributed by atoms with van der Waals surface area (Å²) in [6.07, 6.45) is 0.793. The van der Waals surface area contributed by atoms with Crippen LogP contribution >= 0.6 is 0 Å². The molecule has 0 unspecified atom stereocenters. The summed E-state index contributed by atoms with van der Waals surface area (Å²) in [7, 11) is 0. The molecule has 0 amide bonds. The highest BCUT2D eigenvalue weighted by atomic mass is 16.3. The highest BCUT2D eigenvalue weighted by Gasteiger charge is 2.11. The van der Waals surface area contributed by atoms with Crippen LogP contribution in [0.1, 0.15) is 10.4 Å². The van der Waals surface area contributed by atoms with Crippen LogP contribution in [0.15, 0.2) is 42.5 Å². The number of rotatable bonds is 2. The first-order chi connectivity index (χ1) is 8.79. The molecule has 0 fully saturated rings. The van der Waals surface area contributed by atoms with Crippen molar-refractivity contribution in [2.24, 2.45) is 0 Å². The maximum atomic E-state index is 10.8. The molecular weight excluding hydrogens is 228 g/mol. The summed E-state index contributed by atoms with van der Waals surface area (Å²) in [6, 6.07) is 12.3. The van der Waals surface area contributed by atoms with E-state index in [9.17, 15) is 9.90 Å². The molecule has 1 heterocycles. The maximum absolute atomic E-state index is 10.8. The van der Waals surface area contributed by atoms with Gasteiger partial charge in [0.25, 0.3) is 0 Å². The SMILES string of the molecule is O=Cc1ccc2[nH]nc(-c3ccccc3O)c2c1. The summed E-state index contributed by atoms with van der Waals surface area (Å²) in [5.41, 5.74) is 2.71. The fraction of sp³-hybridized carbons (Fsp3) is 0. The Kier molecular flexibility index (Phi) is 2.34. The van der Waals surface area contributed by atoms with Gasteiger partial charge >= 0.3 is 0 Å². The molecule has 2 aromatic carbocycles. The second-order valence-electron chi connectivity index (χ2n) is 4.01. The molecule has 18 heavy (non-hydrogen) atoms. The van der Waals surface area contributed by atoms with Crippen molar-refractivity contribution in [1.82, 2.24) is 10.2 Å². The maximum Gasteiger partial charge on any atom is 0.150 e. The van der Waals surface area contributed by atoms with Crippen LogP contribution in [0.5, 0.6) is 5.75 Å². The van der Waals surface area contributed by atoms with E-state index >= 15 is 0 Å². The highest BCUT2D eigenvalue weighted by molar-refractivity contribution is 5.97. The van der Waals surface area contributed by atoms with Gasteiger partial charge in [0.1, 0.15) is 17.7 Å². The number of benzene rings is 2. The second kappa shape index (κ2) is 4.00. The summed E-state index contributed by atoms with van der Waals surface area (Å²) < 4.78 is 0. The molecule has 0 bridgehead atoms. The van der Waals surface area contributed by atoms with E-state index in [0.29, 0.717) is 16.8 Å². The lowest BCUT2D eigenvalue weighted by Gasteiger charge is -2.01. The summed E-state index contributed by atoms with van der Waals surface area (Å²) in [6.45, 7) is 0. The third-order valence-corrected chi connectivity index (χ3v) is 2.88. The van der Waals surface area contributed by atoms with Crippen molar-refractivity contribution in [3.8, 4) is 17.0 Å².